The number of thiophene rings is 1. The summed E-state index contributed by atoms with van der Waals surface area (Å²) in [6.07, 6.45) is 0. The first-order chi connectivity index (χ1) is 6.20. The van der Waals surface area contributed by atoms with Crippen LogP contribution in [0, 0.1) is 0 Å². The Kier molecular flexibility index (Phi) is 1.94. The minimum atomic E-state index is -0.520. The Bertz CT molecular complexity index is 408. The third-order valence-electron chi connectivity index (χ3n) is 1.68. The Morgan fingerprint density at radius 2 is 2.08 bits per heavy atom. The van der Waals surface area contributed by atoms with Crippen molar-refractivity contribution in [3.63, 3.8) is 0 Å². The van der Waals surface area contributed by atoms with E-state index in [0.717, 1.165) is 0 Å². The summed E-state index contributed by atoms with van der Waals surface area (Å²) in [7, 11) is 0. The van der Waals surface area contributed by atoms with E-state index in [1.54, 1.807) is 11.4 Å². The molecule has 13 heavy (non-hydrogen) atoms. The lowest BCUT2D eigenvalue weighted by atomic mass is 10.1. The molecule has 2 amide bonds. The summed E-state index contributed by atoms with van der Waals surface area (Å²) in [6.45, 7) is 0. The van der Waals surface area contributed by atoms with Crippen molar-refractivity contribution < 1.29 is 9.59 Å². The van der Waals surface area contributed by atoms with E-state index in [2.05, 4.69) is 5.32 Å². The van der Waals surface area contributed by atoms with Crippen molar-refractivity contribution in [1.82, 2.24) is 5.32 Å². The quantitative estimate of drug-likeness (QED) is 0.716. The number of hydrogen-bond donors (Lipinski definition) is 1. The molecule has 2 heterocycles. The fourth-order valence-corrected chi connectivity index (χ4v) is 1.99. The second kappa shape index (κ2) is 2.97. The summed E-state index contributed by atoms with van der Waals surface area (Å²) in [5, 5.41) is 5.70. The van der Waals surface area contributed by atoms with Crippen LogP contribution in [0.5, 0.6) is 0 Å². The highest BCUT2D eigenvalue weighted by Gasteiger charge is 2.29. The maximum Gasteiger partial charge on any atom is 0.270 e. The molecule has 66 valence electrons. The van der Waals surface area contributed by atoms with Gasteiger partial charge in [0.25, 0.3) is 11.8 Å². The standard InChI is InChI=1S/C8H4ClNO2S/c9-6-5(4-1-2-13-3-4)7(11)10-8(6)12/h1-3H,(H,10,11,12). The molecule has 0 saturated carbocycles. The number of halogens is 1. The number of nitrogens with one attached hydrogen (secondary N) is 1. The van der Waals surface area contributed by atoms with Gasteiger partial charge in [0.15, 0.2) is 0 Å². The topological polar surface area (TPSA) is 46.2 Å². The largest absolute Gasteiger partial charge is 0.287 e. The van der Waals surface area contributed by atoms with E-state index < -0.39 is 11.8 Å². The fourth-order valence-electron chi connectivity index (χ4n) is 1.10. The summed E-state index contributed by atoms with van der Waals surface area (Å²) in [5.41, 5.74) is 0.964. The van der Waals surface area contributed by atoms with Gasteiger partial charge in [-0.3, -0.25) is 14.9 Å². The predicted molar refractivity (Wildman–Crippen MR) is 50.2 cm³/mol. The van der Waals surface area contributed by atoms with E-state index in [-0.39, 0.29) is 10.6 Å². The first kappa shape index (κ1) is 8.47. The van der Waals surface area contributed by atoms with E-state index in [1.165, 1.54) is 11.3 Å². The second-order valence-corrected chi connectivity index (χ2v) is 3.64. The first-order valence-corrected chi connectivity index (χ1v) is 4.80. The SMILES string of the molecule is O=C1NC(=O)C(c2ccsc2)=C1Cl. The Labute approximate surface area is 83.0 Å². The molecule has 0 bridgehead atoms. The van der Waals surface area contributed by atoms with E-state index in [9.17, 15) is 9.59 Å². The molecule has 2 rings (SSSR count). The van der Waals surface area contributed by atoms with Crippen molar-refractivity contribution in [2.75, 3.05) is 0 Å². The molecule has 1 aromatic heterocycles. The zero-order valence-corrected chi connectivity index (χ0v) is 7.91. The molecule has 0 unspecified atom stereocenters. The molecule has 0 saturated heterocycles. The Morgan fingerprint density at radius 3 is 2.54 bits per heavy atom. The monoisotopic (exact) mass is 213 g/mol. The first-order valence-electron chi connectivity index (χ1n) is 3.48. The number of imide groups is 1. The number of carbonyl (C=O) groups is 2. The Hall–Kier alpha value is -1.13. The molecule has 0 aliphatic carbocycles. The highest BCUT2D eigenvalue weighted by molar-refractivity contribution is 7.08. The molecule has 0 fully saturated rings. The second-order valence-electron chi connectivity index (χ2n) is 2.48. The average molecular weight is 214 g/mol. The molecule has 5 heteroatoms. The van der Waals surface area contributed by atoms with E-state index >= 15 is 0 Å². The molecular weight excluding hydrogens is 210 g/mol. The summed E-state index contributed by atoms with van der Waals surface area (Å²) in [4.78, 5) is 22.2. The molecule has 0 atom stereocenters. The van der Waals surface area contributed by atoms with Crippen LogP contribution in [0.1, 0.15) is 5.56 Å². The summed E-state index contributed by atoms with van der Waals surface area (Å²) in [6, 6.07) is 1.75. The Balaban J connectivity index is 2.54. The van der Waals surface area contributed by atoms with Gasteiger partial charge in [-0.05, 0) is 22.4 Å². The summed E-state index contributed by atoms with van der Waals surface area (Å²) < 4.78 is 0. The lowest BCUT2D eigenvalue weighted by molar-refractivity contribution is -0.123. The average Bonchev–Trinajstić information content (AvgIpc) is 2.63. The third kappa shape index (κ3) is 1.28. The lowest BCUT2D eigenvalue weighted by Gasteiger charge is -1.93. The minimum Gasteiger partial charge on any atom is -0.287 e. The van der Waals surface area contributed by atoms with Crippen molar-refractivity contribution in [3.05, 3.63) is 27.4 Å². The maximum atomic E-state index is 11.2. The van der Waals surface area contributed by atoms with Gasteiger partial charge in [-0.1, -0.05) is 11.6 Å². The van der Waals surface area contributed by atoms with Gasteiger partial charge in [0, 0.05) is 0 Å². The van der Waals surface area contributed by atoms with Gasteiger partial charge in [0.2, 0.25) is 0 Å². The van der Waals surface area contributed by atoms with Crippen LogP contribution in [0.15, 0.2) is 21.9 Å². The van der Waals surface area contributed by atoms with E-state index in [4.69, 9.17) is 11.6 Å². The molecule has 0 spiro atoms. The normalized spacial score (nSPS) is 16.7. The minimum absolute atomic E-state index is 0.0246. The maximum absolute atomic E-state index is 11.2. The molecular formula is C8H4ClNO2S. The number of hydrogen-bond acceptors (Lipinski definition) is 3. The highest BCUT2D eigenvalue weighted by Crippen LogP contribution is 2.27. The van der Waals surface area contributed by atoms with Crippen molar-refractivity contribution in [3.8, 4) is 0 Å². The third-order valence-corrected chi connectivity index (χ3v) is 2.73. The molecule has 1 aromatic rings. The smallest absolute Gasteiger partial charge is 0.270 e. The van der Waals surface area contributed by atoms with Crippen LogP contribution < -0.4 is 5.32 Å². The van der Waals surface area contributed by atoms with Crippen molar-refractivity contribution >= 4 is 40.3 Å². The van der Waals surface area contributed by atoms with Gasteiger partial charge < -0.3 is 0 Å². The highest BCUT2D eigenvalue weighted by atomic mass is 35.5. The molecule has 1 aliphatic rings. The van der Waals surface area contributed by atoms with Crippen molar-refractivity contribution in [2.45, 2.75) is 0 Å². The Morgan fingerprint density at radius 1 is 1.31 bits per heavy atom. The van der Waals surface area contributed by atoms with Crippen LogP contribution in [0.25, 0.3) is 5.57 Å². The van der Waals surface area contributed by atoms with Gasteiger partial charge >= 0.3 is 0 Å². The van der Waals surface area contributed by atoms with Gasteiger partial charge in [-0.2, -0.15) is 11.3 Å². The number of rotatable bonds is 1. The van der Waals surface area contributed by atoms with Crippen LogP contribution in [0.3, 0.4) is 0 Å². The fraction of sp³-hybridized carbons (Fsp3) is 0. The lowest BCUT2D eigenvalue weighted by Crippen LogP contribution is -2.22. The van der Waals surface area contributed by atoms with Crippen LogP contribution in [0.4, 0.5) is 0 Å². The summed E-state index contributed by atoms with van der Waals surface area (Å²) >= 11 is 7.11. The van der Waals surface area contributed by atoms with E-state index in [1.807, 2.05) is 5.38 Å². The van der Waals surface area contributed by atoms with Gasteiger partial charge in [-0.15, -0.1) is 0 Å². The molecule has 3 nitrogen and oxygen atoms in total. The van der Waals surface area contributed by atoms with Gasteiger partial charge in [0.05, 0.1) is 5.57 Å². The molecule has 0 aromatic carbocycles. The number of amides is 2. The van der Waals surface area contributed by atoms with Gasteiger partial charge in [0.1, 0.15) is 5.03 Å². The van der Waals surface area contributed by atoms with Crippen molar-refractivity contribution in [1.29, 1.82) is 0 Å². The number of carbonyl (C=O) groups excluding carboxylic acids is 2. The molecule has 1 aliphatic heterocycles. The zero-order valence-electron chi connectivity index (χ0n) is 6.33. The van der Waals surface area contributed by atoms with Crippen LogP contribution in [0.2, 0.25) is 0 Å². The van der Waals surface area contributed by atoms with Gasteiger partial charge in [-0.25, -0.2) is 0 Å². The van der Waals surface area contributed by atoms with Crippen LogP contribution in [-0.4, -0.2) is 11.8 Å². The molecule has 1 N–H and O–H groups in total. The summed E-state index contributed by atoms with van der Waals surface area (Å²) in [5.74, 6) is -0.943. The van der Waals surface area contributed by atoms with Crippen molar-refractivity contribution in [2.24, 2.45) is 0 Å². The zero-order chi connectivity index (χ0) is 9.42. The van der Waals surface area contributed by atoms with Crippen LogP contribution in [-0.2, 0) is 9.59 Å². The molecule has 0 radical (unpaired) electrons. The van der Waals surface area contributed by atoms with Crippen LogP contribution >= 0.6 is 22.9 Å². The van der Waals surface area contributed by atoms with E-state index in [0.29, 0.717) is 5.56 Å². The predicted octanol–water partition coefficient (Wildman–Crippen LogP) is 1.35.